The molecule has 0 spiro atoms. The van der Waals surface area contributed by atoms with Crippen molar-refractivity contribution in [3.05, 3.63) is 76.5 Å². The molecule has 0 saturated heterocycles. The van der Waals surface area contributed by atoms with Crippen molar-refractivity contribution in [3.8, 4) is 29.2 Å². The van der Waals surface area contributed by atoms with E-state index in [0.29, 0.717) is 6.61 Å². The molecule has 0 fully saturated rings. The van der Waals surface area contributed by atoms with Crippen molar-refractivity contribution < 1.29 is 4.74 Å². The quantitative estimate of drug-likeness (QED) is 0.616. The van der Waals surface area contributed by atoms with E-state index in [1.165, 1.54) is 0 Å². The van der Waals surface area contributed by atoms with Gasteiger partial charge in [0, 0.05) is 5.56 Å². The zero-order valence-electron chi connectivity index (χ0n) is 11.5. The van der Waals surface area contributed by atoms with Crippen LogP contribution in [0.5, 0.6) is 5.75 Å². The highest BCUT2D eigenvalue weighted by molar-refractivity contribution is 7.08. The first-order chi connectivity index (χ1) is 10.4. The number of hydrogen-bond donors (Lipinski definition) is 0. The molecule has 0 radical (unpaired) electrons. The average molecular weight is 290 g/mol. The van der Waals surface area contributed by atoms with Crippen LogP contribution in [0, 0.1) is 12.3 Å². The van der Waals surface area contributed by atoms with Gasteiger partial charge in [0.1, 0.15) is 12.4 Å². The van der Waals surface area contributed by atoms with Gasteiger partial charge in [-0.05, 0) is 34.0 Å². The van der Waals surface area contributed by atoms with Crippen molar-refractivity contribution >= 4 is 11.3 Å². The Balaban J connectivity index is 1.89. The van der Waals surface area contributed by atoms with E-state index in [4.69, 9.17) is 11.2 Å². The first kappa shape index (κ1) is 13.5. The highest BCUT2D eigenvalue weighted by Gasteiger charge is 2.09. The van der Waals surface area contributed by atoms with Crippen LogP contribution in [0.2, 0.25) is 0 Å². The van der Waals surface area contributed by atoms with Gasteiger partial charge < -0.3 is 4.74 Å². The first-order valence-electron chi connectivity index (χ1n) is 6.67. The van der Waals surface area contributed by atoms with Gasteiger partial charge in [-0.3, -0.25) is 0 Å². The van der Waals surface area contributed by atoms with Crippen molar-refractivity contribution in [2.24, 2.45) is 0 Å². The summed E-state index contributed by atoms with van der Waals surface area (Å²) in [5.74, 6) is 3.52. The number of rotatable bonds is 4. The van der Waals surface area contributed by atoms with E-state index in [2.05, 4.69) is 17.4 Å². The molecule has 2 heteroatoms. The molecule has 3 aromatic rings. The third-order valence-corrected chi connectivity index (χ3v) is 3.92. The fraction of sp³-hybridized carbons (Fsp3) is 0.0526. The van der Waals surface area contributed by atoms with Gasteiger partial charge in [0.05, 0.1) is 5.56 Å². The summed E-state index contributed by atoms with van der Waals surface area (Å²) in [6.07, 6.45) is 5.70. The van der Waals surface area contributed by atoms with Crippen molar-refractivity contribution in [3.63, 3.8) is 0 Å². The normalized spacial score (nSPS) is 10.0. The van der Waals surface area contributed by atoms with Crippen molar-refractivity contribution in [2.75, 3.05) is 0 Å². The number of benzene rings is 2. The smallest absolute Gasteiger partial charge is 0.136 e. The lowest BCUT2D eigenvalue weighted by atomic mass is 10.0. The van der Waals surface area contributed by atoms with E-state index in [-0.39, 0.29) is 0 Å². The summed E-state index contributed by atoms with van der Waals surface area (Å²) in [5, 5.41) is 4.14. The molecule has 0 amide bonds. The highest BCUT2D eigenvalue weighted by Crippen LogP contribution is 2.31. The standard InChI is InChI=1S/C19H14OS/c1-2-17-18(16-11-12-21-14-16)9-6-10-19(17)20-13-15-7-4-3-5-8-15/h1,3-12,14H,13H2. The van der Waals surface area contributed by atoms with Gasteiger partial charge in [-0.1, -0.05) is 48.4 Å². The second-order valence-corrected chi connectivity index (χ2v) is 5.39. The Morgan fingerprint density at radius 3 is 2.57 bits per heavy atom. The first-order valence-corrected chi connectivity index (χ1v) is 7.61. The van der Waals surface area contributed by atoms with Gasteiger partial charge in [-0.2, -0.15) is 11.3 Å². The van der Waals surface area contributed by atoms with Crippen LogP contribution < -0.4 is 4.74 Å². The van der Waals surface area contributed by atoms with E-state index in [9.17, 15) is 0 Å². The summed E-state index contributed by atoms with van der Waals surface area (Å²) in [4.78, 5) is 0. The highest BCUT2D eigenvalue weighted by atomic mass is 32.1. The van der Waals surface area contributed by atoms with Gasteiger partial charge >= 0.3 is 0 Å². The molecule has 0 aliphatic heterocycles. The summed E-state index contributed by atoms with van der Waals surface area (Å²) in [6, 6.07) is 18.1. The summed E-state index contributed by atoms with van der Waals surface area (Å²) in [6.45, 7) is 0.516. The zero-order chi connectivity index (χ0) is 14.5. The van der Waals surface area contributed by atoms with Crippen LogP contribution in [-0.4, -0.2) is 0 Å². The summed E-state index contributed by atoms with van der Waals surface area (Å²) >= 11 is 1.66. The number of ether oxygens (including phenoxy) is 1. The minimum absolute atomic E-state index is 0.516. The molecular weight excluding hydrogens is 276 g/mol. The van der Waals surface area contributed by atoms with E-state index in [1.54, 1.807) is 11.3 Å². The second kappa shape index (κ2) is 6.30. The molecule has 0 atom stereocenters. The van der Waals surface area contributed by atoms with Crippen LogP contribution in [0.3, 0.4) is 0 Å². The van der Waals surface area contributed by atoms with Gasteiger partial charge in [0.2, 0.25) is 0 Å². The third kappa shape index (κ3) is 2.99. The fourth-order valence-electron chi connectivity index (χ4n) is 2.19. The maximum absolute atomic E-state index is 5.91. The van der Waals surface area contributed by atoms with E-state index in [1.807, 2.05) is 53.9 Å². The molecule has 0 aliphatic rings. The predicted octanol–water partition coefficient (Wildman–Crippen LogP) is 4.98. The van der Waals surface area contributed by atoms with Crippen molar-refractivity contribution in [1.82, 2.24) is 0 Å². The maximum atomic E-state index is 5.91. The minimum Gasteiger partial charge on any atom is -0.488 e. The summed E-state index contributed by atoms with van der Waals surface area (Å²) < 4.78 is 5.91. The SMILES string of the molecule is C#Cc1c(OCc2ccccc2)cccc1-c1ccsc1. The predicted molar refractivity (Wildman–Crippen MR) is 88.5 cm³/mol. The Morgan fingerprint density at radius 2 is 1.86 bits per heavy atom. The molecule has 1 nitrogen and oxygen atoms in total. The van der Waals surface area contributed by atoms with Gasteiger partial charge in [-0.25, -0.2) is 0 Å². The maximum Gasteiger partial charge on any atom is 0.136 e. The molecule has 3 rings (SSSR count). The summed E-state index contributed by atoms with van der Waals surface area (Å²) in [7, 11) is 0. The Bertz CT molecular complexity index is 752. The monoisotopic (exact) mass is 290 g/mol. The Labute approximate surface area is 128 Å². The number of terminal acetylenes is 1. The molecule has 102 valence electrons. The second-order valence-electron chi connectivity index (χ2n) is 4.61. The molecule has 0 N–H and O–H groups in total. The lowest BCUT2D eigenvalue weighted by molar-refractivity contribution is 0.305. The summed E-state index contributed by atoms with van der Waals surface area (Å²) in [5.41, 5.74) is 4.12. The third-order valence-electron chi connectivity index (χ3n) is 3.24. The fourth-order valence-corrected chi connectivity index (χ4v) is 2.85. The molecule has 0 aliphatic carbocycles. The van der Waals surface area contributed by atoms with Crippen LogP contribution in [0.4, 0.5) is 0 Å². The average Bonchev–Trinajstić information content (AvgIpc) is 3.07. The van der Waals surface area contributed by atoms with Crippen LogP contribution in [0.15, 0.2) is 65.4 Å². The van der Waals surface area contributed by atoms with E-state index in [0.717, 1.165) is 28.0 Å². The van der Waals surface area contributed by atoms with Crippen LogP contribution in [0.1, 0.15) is 11.1 Å². The Kier molecular flexibility index (Phi) is 4.04. The Hall–Kier alpha value is -2.50. The zero-order valence-corrected chi connectivity index (χ0v) is 12.3. The van der Waals surface area contributed by atoms with Crippen LogP contribution in [-0.2, 0) is 6.61 Å². The van der Waals surface area contributed by atoms with E-state index >= 15 is 0 Å². The molecule has 0 bridgehead atoms. The molecule has 1 aromatic heterocycles. The van der Waals surface area contributed by atoms with Crippen molar-refractivity contribution in [1.29, 1.82) is 0 Å². The van der Waals surface area contributed by atoms with Gasteiger partial charge in [-0.15, -0.1) is 6.42 Å². The molecule has 0 saturated carbocycles. The van der Waals surface area contributed by atoms with E-state index < -0.39 is 0 Å². The number of thiophene rings is 1. The molecule has 21 heavy (non-hydrogen) atoms. The molecular formula is C19H14OS. The molecule has 0 unspecified atom stereocenters. The largest absolute Gasteiger partial charge is 0.488 e. The van der Waals surface area contributed by atoms with Crippen molar-refractivity contribution in [2.45, 2.75) is 6.61 Å². The lowest BCUT2D eigenvalue weighted by Gasteiger charge is -2.11. The number of hydrogen-bond acceptors (Lipinski definition) is 2. The van der Waals surface area contributed by atoms with Gasteiger partial charge in [0.25, 0.3) is 0 Å². The molecule has 1 heterocycles. The van der Waals surface area contributed by atoms with Gasteiger partial charge in [0.15, 0.2) is 0 Å². The molecule has 2 aromatic carbocycles. The minimum atomic E-state index is 0.516. The Morgan fingerprint density at radius 1 is 1.00 bits per heavy atom. The topological polar surface area (TPSA) is 9.23 Å². The van der Waals surface area contributed by atoms with Crippen LogP contribution >= 0.6 is 11.3 Å². The van der Waals surface area contributed by atoms with Crippen LogP contribution in [0.25, 0.3) is 11.1 Å². The lowest BCUT2D eigenvalue weighted by Crippen LogP contribution is -1.98.